The molecule has 1 aromatic heterocycles. The molecule has 7 heteroatoms. The van der Waals surface area contributed by atoms with Gasteiger partial charge in [-0.2, -0.15) is 0 Å². The molecule has 0 aliphatic carbocycles. The second kappa shape index (κ2) is 20.0. The van der Waals surface area contributed by atoms with E-state index >= 15 is 0 Å². The van der Waals surface area contributed by atoms with Gasteiger partial charge in [0.2, 0.25) is 0 Å². The van der Waals surface area contributed by atoms with Crippen LogP contribution in [0.5, 0.6) is 0 Å². The molecule has 5 aromatic rings. The number of aromatic nitrogens is 1. The first-order valence-electron chi connectivity index (χ1n) is 13.1. The van der Waals surface area contributed by atoms with Gasteiger partial charge in [-0.1, -0.05) is 141 Å². The average Bonchev–Trinajstić information content (AvgIpc) is 3.00. The molecule has 2 N–H and O–H groups in total. The third-order valence-corrected chi connectivity index (χ3v) is 12.8. The van der Waals surface area contributed by atoms with Crippen molar-refractivity contribution >= 4 is 37.1 Å². The maximum Gasteiger partial charge on any atom is 2.00 e. The molecule has 5 rings (SSSR count). The molecule has 0 aliphatic rings. The Morgan fingerprint density at radius 2 is 0.805 bits per heavy atom. The number of benzene rings is 4. The minimum atomic E-state index is -0.448. The first-order chi connectivity index (χ1) is 18.7. The van der Waals surface area contributed by atoms with Crippen LogP contribution in [0.3, 0.4) is 0 Å². The minimum Gasteiger partial charge on any atom is -1.00 e. The van der Waals surface area contributed by atoms with Gasteiger partial charge in [-0.15, -0.1) is 0 Å². The molecule has 2 nitrogen and oxygen atoms in total. The van der Waals surface area contributed by atoms with E-state index in [-0.39, 0.29) is 44.3 Å². The fraction of sp³-hybridized carbons (Fsp3) is 0.147. The number of nitrogens with zero attached hydrogens (tertiary/aromatic N) is 1. The summed E-state index contributed by atoms with van der Waals surface area (Å²) in [5.41, 5.74) is 7.33. The zero-order chi connectivity index (χ0) is 26.6. The first kappa shape index (κ1) is 37.1. The number of pyridine rings is 1. The van der Waals surface area contributed by atoms with E-state index in [1.54, 1.807) is 6.20 Å². The Kier molecular flexibility index (Phi) is 18.1. The molecule has 0 saturated carbocycles. The predicted molar refractivity (Wildman–Crippen MR) is 169 cm³/mol. The van der Waals surface area contributed by atoms with Crippen LogP contribution in [0.4, 0.5) is 0 Å². The van der Waals surface area contributed by atoms with Crippen LogP contribution >= 0.6 is 15.8 Å². The summed E-state index contributed by atoms with van der Waals surface area (Å²) < 4.78 is 0. The predicted octanol–water partition coefficient (Wildman–Crippen LogP) is 0.575. The monoisotopic (exact) mass is 706 g/mol. The van der Waals surface area contributed by atoms with Gasteiger partial charge in [-0.3, -0.25) is 4.98 Å². The maximum atomic E-state index is 5.29. The largest absolute Gasteiger partial charge is 2.00 e. The van der Waals surface area contributed by atoms with Crippen LogP contribution in [0.2, 0.25) is 0 Å². The third-order valence-electron chi connectivity index (χ3n) is 6.59. The Hall–Kier alpha value is -1.95. The smallest absolute Gasteiger partial charge is 1.00 e. The van der Waals surface area contributed by atoms with E-state index < -0.39 is 15.8 Å². The van der Waals surface area contributed by atoms with E-state index in [1.165, 1.54) is 21.2 Å². The second-order valence-electron chi connectivity index (χ2n) is 9.09. The molecular weight excluding hydrogens is 670 g/mol. The Morgan fingerprint density at radius 3 is 1.02 bits per heavy atom. The zero-order valence-electron chi connectivity index (χ0n) is 23.2. The molecule has 41 heavy (non-hydrogen) atoms. The summed E-state index contributed by atoms with van der Waals surface area (Å²) >= 11 is 0. The van der Waals surface area contributed by atoms with Crippen molar-refractivity contribution in [1.82, 2.24) is 4.98 Å². The van der Waals surface area contributed by atoms with Crippen molar-refractivity contribution in [2.45, 2.75) is 31.7 Å². The van der Waals surface area contributed by atoms with Gasteiger partial charge in [0, 0.05) is 12.7 Å². The van der Waals surface area contributed by atoms with Gasteiger partial charge < -0.3 is 30.5 Å². The zero-order valence-corrected chi connectivity index (χ0v) is 28.3. The Morgan fingerprint density at radius 1 is 0.512 bits per heavy atom. The first-order valence-corrected chi connectivity index (χ1v) is 15.9. The summed E-state index contributed by atoms with van der Waals surface area (Å²) in [5, 5.41) is 5.87. The molecule has 2 atom stereocenters. The van der Waals surface area contributed by atoms with Crippen LogP contribution in [-0.4, -0.2) is 16.3 Å². The molecule has 0 radical (unpaired) electrons. The maximum absolute atomic E-state index is 5.29. The van der Waals surface area contributed by atoms with Crippen LogP contribution in [0.15, 0.2) is 146 Å². The summed E-state index contributed by atoms with van der Waals surface area (Å²) in [4.78, 5) is 3.97. The fourth-order valence-corrected chi connectivity index (χ4v) is 10.7. The van der Waals surface area contributed by atoms with E-state index in [9.17, 15) is 0 Å². The summed E-state index contributed by atoms with van der Waals surface area (Å²) in [6, 6.07) is 50.2. The van der Waals surface area contributed by atoms with Crippen molar-refractivity contribution < 1.29 is 44.3 Å². The van der Waals surface area contributed by atoms with Crippen LogP contribution < -0.4 is 51.8 Å². The minimum absolute atomic E-state index is 0. The van der Waals surface area contributed by atoms with Crippen LogP contribution in [0.25, 0.3) is 0 Å². The van der Waals surface area contributed by atoms with E-state index in [2.05, 4.69) is 140 Å². The van der Waals surface area contributed by atoms with Crippen LogP contribution in [-0.2, 0) is 26.0 Å². The van der Waals surface area contributed by atoms with Crippen molar-refractivity contribution in [3.8, 4) is 0 Å². The second-order valence-corrected chi connectivity index (χ2v) is 14.3. The van der Waals surface area contributed by atoms with Crippen LogP contribution in [0.1, 0.15) is 19.5 Å². The summed E-state index contributed by atoms with van der Waals surface area (Å²) in [6.07, 6.45) is 1.74. The standard InChI is InChI=1S/C28H28P2.C6H8N2.2ClH.Ru/c1-23(29(25-15-7-3-8-16-25)26-17-9-4-10-18-26)24(2)30(27-19-11-5-12-20-27)28-21-13-6-14-22-28;7-5-6-3-1-2-4-8-6;;;/h3-24H,1-2H3;1-4H,5,7H2;2*1H;/q;;;;+2/p-2/t23-,24-;;;;/m0..../s1. The van der Waals surface area contributed by atoms with Gasteiger partial charge in [-0.25, -0.2) is 0 Å². The topological polar surface area (TPSA) is 38.9 Å². The Labute approximate surface area is 273 Å². The van der Waals surface area contributed by atoms with E-state index in [1.807, 2.05) is 18.2 Å². The molecular formula is C34H36Cl2N2P2Ru. The van der Waals surface area contributed by atoms with Gasteiger partial charge in [0.25, 0.3) is 0 Å². The molecule has 1 heterocycles. The van der Waals surface area contributed by atoms with Crippen molar-refractivity contribution in [3.63, 3.8) is 0 Å². The number of halogens is 2. The van der Waals surface area contributed by atoms with Gasteiger partial charge in [0.15, 0.2) is 0 Å². The molecule has 0 bridgehead atoms. The molecule has 214 valence electrons. The van der Waals surface area contributed by atoms with E-state index in [0.717, 1.165) is 5.69 Å². The van der Waals surface area contributed by atoms with Gasteiger partial charge in [0.05, 0.1) is 5.69 Å². The SMILES string of the molecule is C[C@@H]([C@H](C)P(c1ccccc1)c1ccccc1)P(c1ccccc1)c1ccccc1.NCc1ccccn1.[Cl-].[Cl-].[Ru+2]. The Bertz CT molecular complexity index is 1170. The van der Waals surface area contributed by atoms with Crippen molar-refractivity contribution in [2.24, 2.45) is 5.73 Å². The summed E-state index contributed by atoms with van der Waals surface area (Å²) in [6.45, 7) is 5.47. The number of rotatable bonds is 8. The summed E-state index contributed by atoms with van der Waals surface area (Å²) in [7, 11) is -0.897. The van der Waals surface area contributed by atoms with Crippen LogP contribution in [0, 0.1) is 0 Å². The third kappa shape index (κ3) is 10.7. The molecule has 0 saturated heterocycles. The molecule has 0 spiro atoms. The molecule has 0 amide bonds. The van der Waals surface area contributed by atoms with Gasteiger partial charge in [0.1, 0.15) is 0 Å². The fourth-order valence-electron chi connectivity index (χ4n) is 4.54. The van der Waals surface area contributed by atoms with E-state index in [4.69, 9.17) is 5.73 Å². The Balaban J connectivity index is 0.000000665. The average molecular weight is 707 g/mol. The van der Waals surface area contributed by atoms with Crippen molar-refractivity contribution in [1.29, 1.82) is 0 Å². The number of hydrogen-bond acceptors (Lipinski definition) is 2. The van der Waals surface area contributed by atoms with E-state index in [0.29, 0.717) is 17.9 Å². The van der Waals surface area contributed by atoms with Crippen molar-refractivity contribution in [3.05, 3.63) is 151 Å². The summed E-state index contributed by atoms with van der Waals surface area (Å²) in [5.74, 6) is 0. The van der Waals surface area contributed by atoms with Gasteiger partial charge >= 0.3 is 19.5 Å². The molecule has 0 fully saturated rings. The molecule has 4 aromatic carbocycles. The van der Waals surface area contributed by atoms with Gasteiger partial charge in [-0.05, 0) is 60.5 Å². The number of nitrogens with two attached hydrogens (primary N) is 1. The van der Waals surface area contributed by atoms with Crippen molar-refractivity contribution in [2.75, 3.05) is 0 Å². The molecule has 0 aliphatic heterocycles. The number of hydrogen-bond donors (Lipinski definition) is 1. The quantitative estimate of drug-likeness (QED) is 0.190. The normalized spacial score (nSPS) is 11.5. The molecule has 0 unspecified atom stereocenters.